The van der Waals surface area contributed by atoms with Gasteiger partial charge >= 0.3 is 0 Å². The largest absolute Gasteiger partial charge is 0.368 e. The molecule has 0 aromatic heterocycles. The maximum absolute atomic E-state index is 13.3. The highest BCUT2D eigenvalue weighted by molar-refractivity contribution is 6.31. The van der Waals surface area contributed by atoms with Gasteiger partial charge in [0.2, 0.25) is 5.91 Å². The van der Waals surface area contributed by atoms with Gasteiger partial charge in [-0.05, 0) is 18.2 Å². The minimum Gasteiger partial charge on any atom is -0.368 e. The van der Waals surface area contributed by atoms with Crippen LogP contribution in [0.25, 0.3) is 0 Å². The van der Waals surface area contributed by atoms with Crippen molar-refractivity contribution in [1.29, 1.82) is 0 Å². The fourth-order valence-electron chi connectivity index (χ4n) is 2.12. The van der Waals surface area contributed by atoms with Crippen molar-refractivity contribution in [1.82, 2.24) is 4.90 Å². The van der Waals surface area contributed by atoms with E-state index < -0.39 is 29.8 Å². The fraction of sp³-hybridized carbons (Fsp3) is 0.333. The van der Waals surface area contributed by atoms with E-state index in [0.717, 1.165) is 17.0 Å². The molecule has 0 spiro atoms. The van der Waals surface area contributed by atoms with Crippen LogP contribution in [0.2, 0.25) is 5.02 Å². The van der Waals surface area contributed by atoms with Gasteiger partial charge in [-0.1, -0.05) is 11.6 Å². The van der Waals surface area contributed by atoms with Crippen molar-refractivity contribution >= 4 is 23.4 Å². The summed E-state index contributed by atoms with van der Waals surface area (Å²) in [5.74, 6) is -2.12. The van der Waals surface area contributed by atoms with Gasteiger partial charge in [0, 0.05) is 17.0 Å². The molecule has 2 atom stereocenters. The molecule has 1 aliphatic rings. The van der Waals surface area contributed by atoms with E-state index in [1.165, 1.54) is 6.07 Å². The van der Waals surface area contributed by atoms with Gasteiger partial charge in [0.25, 0.3) is 5.91 Å². The van der Waals surface area contributed by atoms with Gasteiger partial charge in [-0.25, -0.2) is 8.78 Å². The quantitative estimate of drug-likeness (QED) is 0.897. The van der Waals surface area contributed by atoms with E-state index >= 15 is 0 Å². The molecule has 1 saturated heterocycles. The molecule has 0 bridgehead atoms. The van der Waals surface area contributed by atoms with Gasteiger partial charge in [0.1, 0.15) is 18.0 Å². The third-order valence-corrected chi connectivity index (χ3v) is 3.17. The predicted octanol–water partition coefficient (Wildman–Crippen LogP) is 1.52. The van der Waals surface area contributed by atoms with E-state index in [2.05, 4.69) is 0 Å². The third-order valence-electron chi connectivity index (χ3n) is 2.95. The van der Waals surface area contributed by atoms with Crippen molar-refractivity contribution in [3.05, 3.63) is 34.6 Å². The standard InChI is InChI=1S/C12H11ClF2N2O2/c13-7-1-6(2-8(14)3-7)12(19)17-5-9(15)4-10(17)11(16)18/h1-3,9-10H,4-5H2,(H2,16,18)/t9-,10+/m1/s1. The molecule has 0 saturated carbocycles. The number of rotatable bonds is 2. The highest BCUT2D eigenvalue weighted by Gasteiger charge is 2.39. The number of benzene rings is 1. The summed E-state index contributed by atoms with van der Waals surface area (Å²) >= 11 is 5.65. The zero-order valence-electron chi connectivity index (χ0n) is 9.78. The van der Waals surface area contributed by atoms with Crippen LogP contribution in [0.3, 0.4) is 0 Å². The molecule has 1 heterocycles. The van der Waals surface area contributed by atoms with Gasteiger partial charge in [0.15, 0.2) is 0 Å². The topological polar surface area (TPSA) is 63.4 Å². The molecule has 2 rings (SSSR count). The Hall–Kier alpha value is -1.69. The number of carbonyl (C=O) groups excluding carboxylic acids is 2. The summed E-state index contributed by atoms with van der Waals surface area (Å²) in [7, 11) is 0. The van der Waals surface area contributed by atoms with Crippen LogP contribution >= 0.6 is 11.6 Å². The molecule has 102 valence electrons. The molecule has 1 fully saturated rings. The summed E-state index contributed by atoms with van der Waals surface area (Å²) in [6, 6.07) is 2.28. The first-order valence-corrected chi connectivity index (χ1v) is 5.96. The molecule has 1 aliphatic heterocycles. The molecule has 0 unspecified atom stereocenters. The summed E-state index contributed by atoms with van der Waals surface area (Å²) in [5.41, 5.74) is 5.09. The maximum atomic E-state index is 13.3. The van der Waals surface area contributed by atoms with Gasteiger partial charge in [-0.15, -0.1) is 0 Å². The van der Waals surface area contributed by atoms with Crippen LogP contribution in [0, 0.1) is 5.82 Å². The van der Waals surface area contributed by atoms with Crippen LogP contribution in [0.4, 0.5) is 8.78 Å². The first-order chi connectivity index (χ1) is 8.88. The Morgan fingerprint density at radius 1 is 1.37 bits per heavy atom. The van der Waals surface area contributed by atoms with Crippen LogP contribution < -0.4 is 5.73 Å². The fourth-order valence-corrected chi connectivity index (χ4v) is 2.34. The first kappa shape index (κ1) is 13.7. The Labute approximate surface area is 113 Å². The minimum absolute atomic E-state index is 0.0367. The first-order valence-electron chi connectivity index (χ1n) is 5.59. The molecule has 0 radical (unpaired) electrons. The molecular weight excluding hydrogens is 278 g/mol. The lowest BCUT2D eigenvalue weighted by Gasteiger charge is -2.21. The number of carbonyl (C=O) groups is 2. The van der Waals surface area contributed by atoms with E-state index in [1.54, 1.807) is 0 Å². The van der Waals surface area contributed by atoms with E-state index in [4.69, 9.17) is 17.3 Å². The Kier molecular flexibility index (Phi) is 3.71. The molecule has 1 aromatic rings. The highest BCUT2D eigenvalue weighted by atomic mass is 35.5. The summed E-state index contributed by atoms with van der Waals surface area (Å²) in [6.45, 7) is -0.236. The predicted molar refractivity (Wildman–Crippen MR) is 64.9 cm³/mol. The normalized spacial score (nSPS) is 22.6. The van der Waals surface area contributed by atoms with E-state index in [9.17, 15) is 18.4 Å². The number of alkyl halides is 1. The molecule has 2 amide bonds. The smallest absolute Gasteiger partial charge is 0.254 e. The second kappa shape index (κ2) is 5.13. The Balaban J connectivity index is 2.30. The number of primary amides is 1. The van der Waals surface area contributed by atoms with E-state index in [1.807, 2.05) is 0 Å². The average Bonchev–Trinajstić information content (AvgIpc) is 2.69. The molecule has 0 aliphatic carbocycles. The second-order valence-electron chi connectivity index (χ2n) is 4.37. The maximum Gasteiger partial charge on any atom is 0.254 e. The summed E-state index contributed by atoms with van der Waals surface area (Å²) < 4.78 is 26.5. The van der Waals surface area contributed by atoms with Gasteiger partial charge in [-0.3, -0.25) is 9.59 Å². The van der Waals surface area contributed by atoms with Crippen LogP contribution in [0.1, 0.15) is 16.8 Å². The number of amides is 2. The highest BCUT2D eigenvalue weighted by Crippen LogP contribution is 2.24. The molecule has 4 nitrogen and oxygen atoms in total. The van der Waals surface area contributed by atoms with Crippen molar-refractivity contribution in [3.63, 3.8) is 0 Å². The number of nitrogens with two attached hydrogens (primary N) is 1. The van der Waals surface area contributed by atoms with Crippen molar-refractivity contribution < 1.29 is 18.4 Å². The molecule has 2 N–H and O–H groups in total. The van der Waals surface area contributed by atoms with Crippen LogP contribution in [0.15, 0.2) is 18.2 Å². The van der Waals surface area contributed by atoms with Crippen molar-refractivity contribution in [2.45, 2.75) is 18.6 Å². The Morgan fingerprint density at radius 2 is 2.05 bits per heavy atom. The molecule has 19 heavy (non-hydrogen) atoms. The SMILES string of the molecule is NC(=O)[C@@H]1C[C@@H](F)CN1C(=O)c1cc(F)cc(Cl)c1. The lowest BCUT2D eigenvalue weighted by atomic mass is 10.1. The van der Waals surface area contributed by atoms with Gasteiger partial charge < -0.3 is 10.6 Å². The number of halogens is 3. The lowest BCUT2D eigenvalue weighted by Crippen LogP contribution is -2.43. The number of likely N-dealkylation sites (tertiary alicyclic amines) is 1. The summed E-state index contributed by atoms with van der Waals surface area (Å²) in [5, 5.41) is 0.0509. The van der Waals surface area contributed by atoms with E-state index in [0.29, 0.717) is 0 Å². The van der Waals surface area contributed by atoms with Crippen molar-refractivity contribution in [2.24, 2.45) is 5.73 Å². The monoisotopic (exact) mass is 288 g/mol. The average molecular weight is 289 g/mol. The number of hydrogen-bond donors (Lipinski definition) is 1. The second-order valence-corrected chi connectivity index (χ2v) is 4.80. The van der Waals surface area contributed by atoms with Crippen LogP contribution in [-0.2, 0) is 4.79 Å². The summed E-state index contributed by atoms with van der Waals surface area (Å²) in [6.07, 6.45) is -1.45. The van der Waals surface area contributed by atoms with Crippen LogP contribution in [-0.4, -0.2) is 35.5 Å². The molecular formula is C12H11ClF2N2O2. The Bertz CT molecular complexity index is 518. The van der Waals surface area contributed by atoms with Gasteiger partial charge in [0.05, 0.1) is 6.54 Å². The van der Waals surface area contributed by atoms with E-state index in [-0.39, 0.29) is 23.6 Å². The molecule has 7 heteroatoms. The number of nitrogens with zero attached hydrogens (tertiary/aromatic N) is 1. The zero-order valence-corrected chi connectivity index (χ0v) is 10.5. The van der Waals surface area contributed by atoms with Crippen molar-refractivity contribution in [3.8, 4) is 0 Å². The van der Waals surface area contributed by atoms with Crippen LogP contribution in [0.5, 0.6) is 0 Å². The summed E-state index contributed by atoms with van der Waals surface area (Å²) in [4.78, 5) is 24.3. The molecule has 1 aromatic carbocycles. The minimum atomic E-state index is -1.31. The zero-order chi connectivity index (χ0) is 14.2. The third kappa shape index (κ3) is 2.84. The van der Waals surface area contributed by atoms with Crippen molar-refractivity contribution in [2.75, 3.05) is 6.54 Å². The Morgan fingerprint density at radius 3 is 2.63 bits per heavy atom. The van der Waals surface area contributed by atoms with Gasteiger partial charge in [-0.2, -0.15) is 0 Å². The lowest BCUT2D eigenvalue weighted by molar-refractivity contribution is -0.121. The number of hydrogen-bond acceptors (Lipinski definition) is 2.